The summed E-state index contributed by atoms with van der Waals surface area (Å²) in [5.41, 5.74) is 1.75. The van der Waals surface area contributed by atoms with Crippen LogP contribution < -0.4 is 5.32 Å². The van der Waals surface area contributed by atoms with Crippen molar-refractivity contribution in [3.8, 4) is 0 Å². The van der Waals surface area contributed by atoms with Gasteiger partial charge in [-0.15, -0.1) is 0 Å². The van der Waals surface area contributed by atoms with Crippen LogP contribution in [0, 0.1) is 11.8 Å². The second-order valence-corrected chi connectivity index (χ2v) is 6.54. The first-order chi connectivity index (χ1) is 11.2. The maximum absolute atomic E-state index is 12.4. The third-order valence-electron chi connectivity index (χ3n) is 4.81. The number of nitrogens with zero attached hydrogens (tertiary/aromatic N) is 2. The Kier molecular flexibility index (Phi) is 3.52. The molecule has 23 heavy (non-hydrogen) atoms. The summed E-state index contributed by atoms with van der Waals surface area (Å²) in [6, 6.07) is 5.71. The molecule has 4 rings (SSSR count). The highest BCUT2D eigenvalue weighted by atomic mass is 16.2. The Hall–Kier alpha value is -2.37. The number of anilines is 1. The molecular formula is C17H20N4O2. The van der Waals surface area contributed by atoms with Crippen molar-refractivity contribution in [1.82, 2.24) is 15.1 Å². The molecule has 1 saturated heterocycles. The van der Waals surface area contributed by atoms with Gasteiger partial charge in [0.05, 0.1) is 11.7 Å². The van der Waals surface area contributed by atoms with E-state index in [-0.39, 0.29) is 23.7 Å². The fourth-order valence-electron chi connectivity index (χ4n) is 3.22. The minimum absolute atomic E-state index is 0.0155. The summed E-state index contributed by atoms with van der Waals surface area (Å²) in [5.74, 6) is 0.584. The van der Waals surface area contributed by atoms with Crippen molar-refractivity contribution in [1.29, 1.82) is 0 Å². The number of hydrogen-bond acceptors (Lipinski definition) is 3. The number of likely N-dealkylation sites (tertiary alicyclic amines) is 1. The van der Waals surface area contributed by atoms with Gasteiger partial charge < -0.3 is 10.2 Å². The standard InChI is InChI=1S/C17H20N4O2/c22-16(19-14-3-4-15-13(9-14)10-18-20-15)11-5-7-21(8-6-11)17(23)12-1-2-12/h3-4,9-12H,1-2,5-8H2,(H,18,20)(H,19,22). The SMILES string of the molecule is O=C(Nc1ccc2[nH]ncc2c1)C1CCN(C(=O)C2CC2)CC1. The molecule has 1 saturated carbocycles. The number of H-pyrrole nitrogens is 1. The number of aromatic nitrogens is 2. The van der Waals surface area contributed by atoms with Crippen LogP contribution in [0.5, 0.6) is 0 Å². The highest BCUT2D eigenvalue weighted by molar-refractivity contribution is 5.95. The fraction of sp³-hybridized carbons (Fsp3) is 0.471. The lowest BCUT2D eigenvalue weighted by Crippen LogP contribution is -2.42. The van der Waals surface area contributed by atoms with Crippen LogP contribution in [0.2, 0.25) is 0 Å². The second kappa shape index (κ2) is 5.68. The molecule has 1 aromatic carbocycles. The molecule has 1 aliphatic carbocycles. The highest BCUT2D eigenvalue weighted by Crippen LogP contribution is 2.32. The van der Waals surface area contributed by atoms with E-state index in [1.807, 2.05) is 23.1 Å². The van der Waals surface area contributed by atoms with Gasteiger partial charge in [-0.05, 0) is 43.9 Å². The van der Waals surface area contributed by atoms with Crippen molar-refractivity contribution >= 4 is 28.4 Å². The van der Waals surface area contributed by atoms with E-state index < -0.39 is 0 Å². The maximum atomic E-state index is 12.4. The number of carbonyl (C=O) groups is 2. The summed E-state index contributed by atoms with van der Waals surface area (Å²) in [4.78, 5) is 26.4. The van der Waals surface area contributed by atoms with Crippen LogP contribution in [0.4, 0.5) is 5.69 Å². The van der Waals surface area contributed by atoms with Gasteiger partial charge in [-0.25, -0.2) is 0 Å². The molecule has 120 valence electrons. The molecule has 2 aliphatic rings. The van der Waals surface area contributed by atoms with Gasteiger partial charge in [-0.1, -0.05) is 0 Å². The van der Waals surface area contributed by atoms with Crippen molar-refractivity contribution in [3.05, 3.63) is 24.4 Å². The predicted octanol–water partition coefficient (Wildman–Crippen LogP) is 2.15. The van der Waals surface area contributed by atoms with E-state index in [0.29, 0.717) is 13.1 Å². The highest BCUT2D eigenvalue weighted by Gasteiger charge is 2.35. The van der Waals surface area contributed by atoms with Crippen molar-refractivity contribution < 1.29 is 9.59 Å². The normalized spacial score (nSPS) is 19.0. The lowest BCUT2D eigenvalue weighted by molar-refractivity contribution is -0.135. The Labute approximate surface area is 134 Å². The van der Waals surface area contributed by atoms with E-state index in [2.05, 4.69) is 15.5 Å². The topological polar surface area (TPSA) is 78.1 Å². The summed E-state index contributed by atoms with van der Waals surface area (Å²) < 4.78 is 0. The van der Waals surface area contributed by atoms with Crippen LogP contribution in [-0.2, 0) is 9.59 Å². The van der Waals surface area contributed by atoms with Gasteiger partial charge in [0.1, 0.15) is 0 Å². The predicted molar refractivity (Wildman–Crippen MR) is 86.8 cm³/mol. The summed E-state index contributed by atoms with van der Waals surface area (Å²) in [6.07, 6.45) is 5.31. The zero-order chi connectivity index (χ0) is 15.8. The molecule has 2 aromatic rings. The molecule has 2 N–H and O–H groups in total. The Morgan fingerprint density at radius 3 is 2.65 bits per heavy atom. The third kappa shape index (κ3) is 2.93. The molecule has 0 unspecified atom stereocenters. The summed E-state index contributed by atoms with van der Waals surface area (Å²) in [5, 5.41) is 10.8. The molecule has 2 amide bonds. The fourth-order valence-corrected chi connectivity index (χ4v) is 3.22. The number of piperidine rings is 1. The molecule has 1 aromatic heterocycles. The average molecular weight is 312 g/mol. The van der Waals surface area contributed by atoms with Crippen LogP contribution >= 0.6 is 0 Å². The molecule has 6 nitrogen and oxygen atoms in total. The molecule has 0 bridgehead atoms. The maximum Gasteiger partial charge on any atom is 0.227 e. The molecule has 0 radical (unpaired) electrons. The van der Waals surface area contributed by atoms with Crippen molar-refractivity contribution in [2.75, 3.05) is 18.4 Å². The van der Waals surface area contributed by atoms with E-state index in [9.17, 15) is 9.59 Å². The number of nitrogens with one attached hydrogen (secondary N) is 2. The monoisotopic (exact) mass is 312 g/mol. The minimum Gasteiger partial charge on any atom is -0.342 e. The van der Waals surface area contributed by atoms with E-state index in [1.54, 1.807) is 6.20 Å². The lowest BCUT2D eigenvalue weighted by Gasteiger charge is -2.31. The van der Waals surface area contributed by atoms with Crippen LogP contribution in [0.3, 0.4) is 0 Å². The summed E-state index contributed by atoms with van der Waals surface area (Å²) in [6.45, 7) is 1.41. The van der Waals surface area contributed by atoms with E-state index in [1.165, 1.54) is 0 Å². The molecule has 6 heteroatoms. The van der Waals surface area contributed by atoms with Crippen LogP contribution in [0.25, 0.3) is 10.9 Å². The lowest BCUT2D eigenvalue weighted by atomic mass is 9.95. The van der Waals surface area contributed by atoms with Crippen LogP contribution in [0.1, 0.15) is 25.7 Å². The summed E-state index contributed by atoms with van der Waals surface area (Å²) >= 11 is 0. The Bertz CT molecular complexity index is 742. The Balaban J connectivity index is 1.35. The molecular weight excluding hydrogens is 292 g/mol. The van der Waals surface area contributed by atoms with Crippen molar-refractivity contribution in [3.63, 3.8) is 0 Å². The number of fused-ring (bicyclic) bond motifs is 1. The van der Waals surface area contributed by atoms with E-state index in [0.717, 1.165) is 42.3 Å². The molecule has 0 spiro atoms. The first kappa shape index (κ1) is 14.2. The van der Waals surface area contributed by atoms with Gasteiger partial charge in [0, 0.05) is 36.0 Å². The van der Waals surface area contributed by atoms with Crippen LogP contribution in [0.15, 0.2) is 24.4 Å². The second-order valence-electron chi connectivity index (χ2n) is 6.54. The quantitative estimate of drug-likeness (QED) is 0.911. The van der Waals surface area contributed by atoms with Gasteiger partial charge in [-0.3, -0.25) is 14.7 Å². The number of benzene rings is 1. The van der Waals surface area contributed by atoms with E-state index in [4.69, 9.17) is 0 Å². The van der Waals surface area contributed by atoms with Gasteiger partial charge in [-0.2, -0.15) is 5.10 Å². The smallest absolute Gasteiger partial charge is 0.227 e. The number of aromatic amines is 1. The van der Waals surface area contributed by atoms with E-state index >= 15 is 0 Å². The van der Waals surface area contributed by atoms with Gasteiger partial charge >= 0.3 is 0 Å². The van der Waals surface area contributed by atoms with Gasteiger partial charge in [0.15, 0.2) is 0 Å². The number of amides is 2. The number of rotatable bonds is 3. The number of hydrogen-bond donors (Lipinski definition) is 2. The van der Waals surface area contributed by atoms with Gasteiger partial charge in [0.25, 0.3) is 0 Å². The zero-order valence-corrected chi connectivity index (χ0v) is 12.9. The summed E-state index contributed by atoms with van der Waals surface area (Å²) in [7, 11) is 0. The largest absolute Gasteiger partial charge is 0.342 e. The van der Waals surface area contributed by atoms with Gasteiger partial charge in [0.2, 0.25) is 11.8 Å². The first-order valence-corrected chi connectivity index (χ1v) is 8.23. The molecule has 0 atom stereocenters. The first-order valence-electron chi connectivity index (χ1n) is 8.23. The average Bonchev–Trinajstić information content (AvgIpc) is 3.32. The zero-order valence-electron chi connectivity index (χ0n) is 12.9. The third-order valence-corrected chi connectivity index (χ3v) is 4.81. The Morgan fingerprint density at radius 2 is 1.91 bits per heavy atom. The van der Waals surface area contributed by atoms with Crippen molar-refractivity contribution in [2.24, 2.45) is 11.8 Å². The molecule has 2 fully saturated rings. The van der Waals surface area contributed by atoms with Crippen molar-refractivity contribution in [2.45, 2.75) is 25.7 Å². The molecule has 1 aliphatic heterocycles. The minimum atomic E-state index is -0.0155. The van der Waals surface area contributed by atoms with Crippen LogP contribution in [-0.4, -0.2) is 40.0 Å². The molecule has 2 heterocycles. The number of carbonyl (C=O) groups excluding carboxylic acids is 2. The Morgan fingerprint density at radius 1 is 1.13 bits per heavy atom.